The molecule has 0 saturated carbocycles. The summed E-state index contributed by atoms with van der Waals surface area (Å²) in [6.07, 6.45) is 8.66. The summed E-state index contributed by atoms with van der Waals surface area (Å²) in [6, 6.07) is 0. The van der Waals surface area contributed by atoms with Crippen LogP contribution in [0.15, 0.2) is 23.8 Å². The van der Waals surface area contributed by atoms with Gasteiger partial charge >= 0.3 is 0 Å². The maximum absolute atomic E-state index is 10.0. The molecule has 0 fully saturated rings. The van der Waals surface area contributed by atoms with E-state index in [9.17, 15) is 10.1 Å². The zero-order valence-corrected chi connectivity index (χ0v) is 6.32. The van der Waals surface area contributed by atoms with Crippen LogP contribution in [-0.4, -0.2) is 11.5 Å². The van der Waals surface area contributed by atoms with Crippen molar-refractivity contribution in [3.05, 3.63) is 33.9 Å². The second kappa shape index (κ2) is 3.91. The molecule has 0 aromatic heterocycles. The minimum Gasteiger partial charge on any atom is -0.265 e. The van der Waals surface area contributed by atoms with Crippen LogP contribution >= 0.6 is 0 Å². The maximum atomic E-state index is 10.0. The molecule has 0 heterocycles. The Hall–Kier alpha value is -1.12. The van der Waals surface area contributed by atoms with Gasteiger partial charge in [-0.05, 0) is 12.8 Å². The molecule has 11 heavy (non-hydrogen) atoms. The first-order chi connectivity index (χ1) is 5.29. The lowest BCUT2D eigenvalue weighted by molar-refractivity contribution is -0.479. The molecule has 0 bridgehead atoms. The maximum Gasteiger partial charge on any atom is 0.207 e. The number of nitro groups is 1. The van der Waals surface area contributed by atoms with Crippen molar-refractivity contribution >= 4 is 0 Å². The minimum atomic E-state index is -0.265. The Bertz CT molecular complexity index is 206. The Morgan fingerprint density at radius 3 is 3.00 bits per heavy atom. The normalized spacial score (nSPS) is 16.2. The fourth-order valence-electron chi connectivity index (χ4n) is 1.10. The molecule has 0 atom stereocenters. The largest absolute Gasteiger partial charge is 0.265 e. The molecule has 3 nitrogen and oxygen atoms in total. The summed E-state index contributed by atoms with van der Waals surface area (Å²) in [5, 5.41) is 10.0. The highest BCUT2D eigenvalue weighted by atomic mass is 16.6. The third kappa shape index (κ3) is 2.98. The van der Waals surface area contributed by atoms with Crippen LogP contribution in [0, 0.1) is 10.1 Å². The van der Waals surface area contributed by atoms with Crippen molar-refractivity contribution in [2.75, 3.05) is 6.54 Å². The van der Waals surface area contributed by atoms with Crippen molar-refractivity contribution < 1.29 is 4.92 Å². The first-order valence-electron chi connectivity index (χ1n) is 3.75. The van der Waals surface area contributed by atoms with E-state index >= 15 is 0 Å². The highest BCUT2D eigenvalue weighted by Crippen LogP contribution is 2.14. The van der Waals surface area contributed by atoms with Crippen molar-refractivity contribution in [1.29, 1.82) is 0 Å². The Morgan fingerprint density at radius 1 is 1.64 bits per heavy atom. The summed E-state index contributed by atoms with van der Waals surface area (Å²) in [5.74, 6) is 0. The van der Waals surface area contributed by atoms with Gasteiger partial charge < -0.3 is 0 Å². The second-order valence-corrected chi connectivity index (χ2v) is 2.60. The Kier molecular flexibility index (Phi) is 2.83. The molecule has 0 aromatic rings. The lowest BCUT2D eigenvalue weighted by Crippen LogP contribution is -2.02. The zero-order valence-electron chi connectivity index (χ0n) is 6.32. The van der Waals surface area contributed by atoms with Crippen molar-refractivity contribution in [2.24, 2.45) is 0 Å². The van der Waals surface area contributed by atoms with Gasteiger partial charge in [-0.3, -0.25) is 10.1 Å². The van der Waals surface area contributed by atoms with Gasteiger partial charge in [-0.1, -0.05) is 23.8 Å². The molecule has 0 N–H and O–H groups in total. The van der Waals surface area contributed by atoms with Gasteiger partial charge in [0.05, 0.1) is 0 Å². The predicted octanol–water partition coefficient (Wildman–Crippen LogP) is 1.93. The lowest BCUT2D eigenvalue weighted by Gasteiger charge is -2.04. The zero-order chi connectivity index (χ0) is 8.10. The van der Waals surface area contributed by atoms with E-state index < -0.39 is 0 Å². The van der Waals surface area contributed by atoms with Crippen LogP contribution in [-0.2, 0) is 0 Å². The number of hydrogen-bond acceptors (Lipinski definition) is 2. The number of allylic oxidation sites excluding steroid dienone is 3. The van der Waals surface area contributed by atoms with E-state index in [1.54, 1.807) is 0 Å². The summed E-state index contributed by atoms with van der Waals surface area (Å²) in [4.78, 5) is 9.74. The molecule has 0 saturated heterocycles. The summed E-state index contributed by atoms with van der Waals surface area (Å²) < 4.78 is 0. The van der Waals surface area contributed by atoms with Crippen molar-refractivity contribution in [1.82, 2.24) is 0 Å². The fraction of sp³-hybridized carbons (Fsp3) is 0.500. The molecule has 1 rings (SSSR count). The average molecular weight is 153 g/mol. The monoisotopic (exact) mass is 153 g/mol. The van der Waals surface area contributed by atoms with Gasteiger partial charge in [-0.25, -0.2) is 0 Å². The van der Waals surface area contributed by atoms with Crippen LogP contribution in [0.25, 0.3) is 0 Å². The minimum absolute atomic E-state index is 0.0691. The molecule has 0 radical (unpaired) electrons. The third-order valence-corrected chi connectivity index (χ3v) is 1.72. The standard InChI is InChI=1S/C8H11NO2/c10-9(11)7-6-8-4-2-1-3-5-8/h1-2,4H,3,5-7H2. The molecule has 0 unspecified atom stereocenters. The van der Waals surface area contributed by atoms with Gasteiger partial charge in [0.2, 0.25) is 6.54 Å². The van der Waals surface area contributed by atoms with E-state index in [0.29, 0.717) is 6.42 Å². The molecule has 1 aliphatic rings. The Morgan fingerprint density at radius 2 is 2.45 bits per heavy atom. The van der Waals surface area contributed by atoms with Gasteiger partial charge in [0.1, 0.15) is 0 Å². The van der Waals surface area contributed by atoms with Crippen LogP contribution in [0.3, 0.4) is 0 Å². The molecular weight excluding hydrogens is 142 g/mol. The van der Waals surface area contributed by atoms with Gasteiger partial charge in [0.15, 0.2) is 0 Å². The van der Waals surface area contributed by atoms with E-state index in [2.05, 4.69) is 6.08 Å². The average Bonchev–Trinajstić information content (AvgIpc) is 2.03. The predicted molar refractivity (Wildman–Crippen MR) is 42.9 cm³/mol. The topological polar surface area (TPSA) is 43.1 Å². The van der Waals surface area contributed by atoms with Crippen LogP contribution in [0.5, 0.6) is 0 Å². The molecule has 0 amide bonds. The molecule has 1 aliphatic carbocycles. The summed E-state index contributed by atoms with van der Waals surface area (Å²) in [5.41, 5.74) is 1.20. The smallest absolute Gasteiger partial charge is 0.207 e. The number of rotatable bonds is 3. The summed E-state index contributed by atoms with van der Waals surface area (Å²) in [6.45, 7) is 0.0691. The van der Waals surface area contributed by atoms with E-state index in [1.807, 2.05) is 12.2 Å². The number of hydrogen-bond donors (Lipinski definition) is 0. The van der Waals surface area contributed by atoms with E-state index in [4.69, 9.17) is 0 Å². The van der Waals surface area contributed by atoms with Crippen molar-refractivity contribution in [3.63, 3.8) is 0 Å². The van der Waals surface area contributed by atoms with Gasteiger partial charge in [0, 0.05) is 11.3 Å². The third-order valence-electron chi connectivity index (χ3n) is 1.72. The van der Waals surface area contributed by atoms with Crippen LogP contribution in [0.1, 0.15) is 19.3 Å². The van der Waals surface area contributed by atoms with Crippen molar-refractivity contribution in [2.45, 2.75) is 19.3 Å². The highest BCUT2D eigenvalue weighted by Gasteiger charge is 2.03. The van der Waals surface area contributed by atoms with Gasteiger partial charge in [0.25, 0.3) is 0 Å². The SMILES string of the molecule is O=[N+]([O-])CCC1=CC=CCC1. The van der Waals surface area contributed by atoms with Crippen molar-refractivity contribution in [3.8, 4) is 0 Å². The Labute approximate surface area is 65.6 Å². The number of nitrogens with zero attached hydrogens (tertiary/aromatic N) is 1. The molecule has 0 spiro atoms. The van der Waals surface area contributed by atoms with Crippen LogP contribution in [0.2, 0.25) is 0 Å². The highest BCUT2D eigenvalue weighted by molar-refractivity contribution is 5.17. The van der Waals surface area contributed by atoms with Crippen LogP contribution in [0.4, 0.5) is 0 Å². The first-order valence-corrected chi connectivity index (χ1v) is 3.75. The second-order valence-electron chi connectivity index (χ2n) is 2.60. The first kappa shape index (κ1) is 7.98. The molecule has 0 aliphatic heterocycles. The quantitative estimate of drug-likeness (QED) is 0.459. The molecule has 3 heteroatoms. The molecule has 0 aromatic carbocycles. The summed E-state index contributed by atoms with van der Waals surface area (Å²) in [7, 11) is 0. The Balaban J connectivity index is 2.31. The van der Waals surface area contributed by atoms with Crippen LogP contribution < -0.4 is 0 Å². The van der Waals surface area contributed by atoms with E-state index in [0.717, 1.165) is 12.8 Å². The summed E-state index contributed by atoms with van der Waals surface area (Å²) >= 11 is 0. The van der Waals surface area contributed by atoms with Gasteiger partial charge in [-0.15, -0.1) is 0 Å². The van der Waals surface area contributed by atoms with Gasteiger partial charge in [-0.2, -0.15) is 0 Å². The van der Waals surface area contributed by atoms with E-state index in [-0.39, 0.29) is 11.5 Å². The van der Waals surface area contributed by atoms with E-state index in [1.165, 1.54) is 5.57 Å². The molecule has 60 valence electrons. The fourth-order valence-corrected chi connectivity index (χ4v) is 1.10. The molecular formula is C8H11NO2. The lowest BCUT2D eigenvalue weighted by atomic mass is 10.0.